The molecule has 188 valence electrons. The number of Topliss-reactive ketones (excluding diaryl/α,β-unsaturated/α-hetero) is 1. The SMILES string of the molecule is COc1ccc(C(O)=C2C(=O)C(=O)N(CC[NH+](C)C)C2c2cc(OC)c(OC)c(OC)c2)cc1C. The van der Waals surface area contributed by atoms with E-state index in [1.54, 1.807) is 37.4 Å². The second-order valence-electron chi connectivity index (χ2n) is 8.59. The summed E-state index contributed by atoms with van der Waals surface area (Å²) in [6.45, 7) is 2.76. The number of aliphatic hydroxyl groups excluding tert-OH is 1. The normalized spacial score (nSPS) is 17.1. The summed E-state index contributed by atoms with van der Waals surface area (Å²) >= 11 is 0. The summed E-state index contributed by atoms with van der Waals surface area (Å²) in [4.78, 5) is 29.0. The van der Waals surface area contributed by atoms with E-state index < -0.39 is 17.7 Å². The van der Waals surface area contributed by atoms with Gasteiger partial charge in [0, 0.05) is 5.56 Å². The van der Waals surface area contributed by atoms with Crippen molar-refractivity contribution in [3.8, 4) is 23.0 Å². The smallest absolute Gasteiger partial charge is 0.295 e. The highest BCUT2D eigenvalue weighted by molar-refractivity contribution is 6.46. The van der Waals surface area contributed by atoms with Crippen LogP contribution in [0, 0.1) is 6.92 Å². The van der Waals surface area contributed by atoms with E-state index in [9.17, 15) is 14.7 Å². The van der Waals surface area contributed by atoms with Gasteiger partial charge in [0.2, 0.25) is 5.75 Å². The summed E-state index contributed by atoms with van der Waals surface area (Å²) in [6.07, 6.45) is 0. The van der Waals surface area contributed by atoms with Crippen molar-refractivity contribution < 1.29 is 38.5 Å². The van der Waals surface area contributed by atoms with Crippen LogP contribution < -0.4 is 23.8 Å². The van der Waals surface area contributed by atoms with Crippen molar-refractivity contribution >= 4 is 17.4 Å². The molecular weight excluding hydrogens is 452 g/mol. The molecule has 9 nitrogen and oxygen atoms in total. The number of carbonyl (C=O) groups is 2. The summed E-state index contributed by atoms with van der Waals surface area (Å²) in [7, 11) is 9.97. The number of benzene rings is 2. The van der Waals surface area contributed by atoms with Gasteiger partial charge in [-0.05, 0) is 48.4 Å². The van der Waals surface area contributed by atoms with Gasteiger partial charge in [0.05, 0.1) is 67.2 Å². The predicted molar refractivity (Wildman–Crippen MR) is 131 cm³/mol. The van der Waals surface area contributed by atoms with E-state index in [0.717, 1.165) is 10.5 Å². The molecule has 0 aliphatic carbocycles. The largest absolute Gasteiger partial charge is 0.507 e. The Kier molecular flexibility index (Phi) is 7.91. The third-order valence-corrected chi connectivity index (χ3v) is 6.06. The quantitative estimate of drug-likeness (QED) is 0.316. The molecule has 0 aromatic heterocycles. The van der Waals surface area contributed by atoms with Crippen molar-refractivity contribution in [1.82, 2.24) is 4.90 Å². The molecule has 1 saturated heterocycles. The van der Waals surface area contributed by atoms with Crippen LogP contribution in [0.4, 0.5) is 0 Å². The lowest BCUT2D eigenvalue weighted by atomic mass is 9.94. The van der Waals surface area contributed by atoms with Gasteiger partial charge in [-0.3, -0.25) is 9.59 Å². The first-order valence-electron chi connectivity index (χ1n) is 11.2. The maximum atomic E-state index is 13.3. The van der Waals surface area contributed by atoms with Crippen LogP contribution >= 0.6 is 0 Å². The molecule has 0 bridgehead atoms. The summed E-state index contributed by atoms with van der Waals surface area (Å²) in [5.74, 6) is 0.126. The van der Waals surface area contributed by atoms with Crippen LogP contribution in [-0.4, -0.2) is 77.3 Å². The summed E-state index contributed by atoms with van der Waals surface area (Å²) < 4.78 is 21.7. The maximum Gasteiger partial charge on any atom is 0.295 e. The monoisotopic (exact) mass is 485 g/mol. The number of likely N-dealkylation sites (tertiary alicyclic amines) is 1. The number of aliphatic hydroxyl groups is 1. The van der Waals surface area contributed by atoms with Crippen molar-refractivity contribution in [2.24, 2.45) is 0 Å². The number of methoxy groups -OCH3 is 4. The molecule has 1 fully saturated rings. The molecular formula is C26H33N2O7+. The molecule has 35 heavy (non-hydrogen) atoms. The minimum atomic E-state index is -0.842. The van der Waals surface area contributed by atoms with Gasteiger partial charge in [0.15, 0.2) is 11.5 Å². The Labute approximate surface area is 205 Å². The Balaban J connectivity index is 2.26. The zero-order chi connectivity index (χ0) is 25.9. The second-order valence-corrected chi connectivity index (χ2v) is 8.59. The highest BCUT2D eigenvalue weighted by Gasteiger charge is 2.46. The number of aryl methyl sites for hydroxylation is 1. The van der Waals surface area contributed by atoms with Gasteiger partial charge in [0.25, 0.3) is 11.7 Å². The average Bonchev–Trinajstić information content (AvgIpc) is 3.10. The highest BCUT2D eigenvalue weighted by Crippen LogP contribution is 2.45. The molecule has 1 aliphatic rings. The van der Waals surface area contributed by atoms with Crippen LogP contribution in [0.25, 0.3) is 5.76 Å². The number of likely N-dealkylation sites (N-methyl/N-ethyl adjacent to an activating group) is 1. The average molecular weight is 486 g/mol. The maximum absolute atomic E-state index is 13.3. The van der Waals surface area contributed by atoms with E-state index in [2.05, 4.69) is 0 Å². The van der Waals surface area contributed by atoms with E-state index in [-0.39, 0.29) is 11.3 Å². The van der Waals surface area contributed by atoms with E-state index in [1.165, 1.54) is 26.2 Å². The van der Waals surface area contributed by atoms with Gasteiger partial charge in [-0.15, -0.1) is 0 Å². The topological polar surface area (TPSA) is 99.0 Å². The number of ketones is 1. The first kappa shape index (κ1) is 25.9. The van der Waals surface area contributed by atoms with Crippen LogP contribution in [-0.2, 0) is 9.59 Å². The standard InChI is InChI=1S/C26H32N2O7/c1-15-12-16(8-9-18(15)32-4)23(29)21-22(28(11-10-27(2)3)26(31)24(21)30)17-13-19(33-5)25(35-7)20(14-17)34-6/h8-9,12-14,22,29H,10-11H2,1-7H3/p+1. The summed E-state index contributed by atoms with van der Waals surface area (Å²) in [6, 6.07) is 7.64. The van der Waals surface area contributed by atoms with Gasteiger partial charge < -0.3 is 33.9 Å². The number of amides is 1. The third kappa shape index (κ3) is 4.90. The molecule has 1 aliphatic heterocycles. The minimum Gasteiger partial charge on any atom is -0.507 e. The van der Waals surface area contributed by atoms with Crippen molar-refractivity contribution in [3.63, 3.8) is 0 Å². The molecule has 1 heterocycles. The lowest BCUT2D eigenvalue weighted by Gasteiger charge is -2.26. The van der Waals surface area contributed by atoms with Crippen molar-refractivity contribution in [2.75, 3.05) is 55.6 Å². The van der Waals surface area contributed by atoms with E-state index >= 15 is 0 Å². The van der Waals surface area contributed by atoms with E-state index in [0.29, 0.717) is 47.2 Å². The number of carbonyl (C=O) groups excluding carboxylic acids is 2. The zero-order valence-electron chi connectivity index (χ0n) is 21.2. The molecule has 0 spiro atoms. The Bertz CT molecular complexity index is 1130. The van der Waals surface area contributed by atoms with Crippen LogP contribution in [0.2, 0.25) is 0 Å². The number of quaternary nitrogens is 1. The number of rotatable bonds is 9. The fraction of sp³-hybridized carbons (Fsp3) is 0.385. The fourth-order valence-corrected chi connectivity index (χ4v) is 4.24. The van der Waals surface area contributed by atoms with Crippen LogP contribution in [0.15, 0.2) is 35.9 Å². The molecule has 0 radical (unpaired) electrons. The Morgan fingerprint density at radius 3 is 2.03 bits per heavy atom. The van der Waals surface area contributed by atoms with Gasteiger partial charge in [0.1, 0.15) is 11.5 Å². The van der Waals surface area contributed by atoms with Crippen LogP contribution in [0.3, 0.4) is 0 Å². The number of nitrogens with one attached hydrogen (secondary N) is 1. The zero-order valence-corrected chi connectivity index (χ0v) is 21.2. The van der Waals surface area contributed by atoms with Crippen LogP contribution in [0.5, 0.6) is 23.0 Å². The Morgan fingerprint density at radius 1 is 0.943 bits per heavy atom. The Morgan fingerprint density at radius 2 is 1.54 bits per heavy atom. The third-order valence-electron chi connectivity index (χ3n) is 6.06. The molecule has 1 unspecified atom stereocenters. The van der Waals surface area contributed by atoms with E-state index in [1.807, 2.05) is 21.0 Å². The molecule has 2 N–H and O–H groups in total. The highest BCUT2D eigenvalue weighted by atomic mass is 16.5. The van der Waals surface area contributed by atoms with Crippen molar-refractivity contribution in [2.45, 2.75) is 13.0 Å². The van der Waals surface area contributed by atoms with Gasteiger partial charge in [-0.25, -0.2) is 0 Å². The summed E-state index contributed by atoms with van der Waals surface area (Å²) in [5.41, 5.74) is 1.75. The predicted octanol–water partition coefficient (Wildman–Crippen LogP) is 1.60. The number of hydrogen-bond acceptors (Lipinski definition) is 7. The first-order chi connectivity index (χ1) is 16.7. The van der Waals surface area contributed by atoms with Crippen LogP contribution in [0.1, 0.15) is 22.7 Å². The lowest BCUT2D eigenvalue weighted by molar-refractivity contribution is -0.857. The van der Waals surface area contributed by atoms with Gasteiger partial charge >= 0.3 is 0 Å². The van der Waals surface area contributed by atoms with Gasteiger partial charge in [-0.1, -0.05) is 0 Å². The molecule has 2 aromatic rings. The van der Waals surface area contributed by atoms with Crippen molar-refractivity contribution in [3.05, 3.63) is 52.6 Å². The number of nitrogens with zero attached hydrogens (tertiary/aromatic N) is 1. The molecule has 3 rings (SSSR count). The van der Waals surface area contributed by atoms with E-state index in [4.69, 9.17) is 18.9 Å². The first-order valence-corrected chi connectivity index (χ1v) is 11.2. The number of ether oxygens (including phenoxy) is 4. The fourth-order valence-electron chi connectivity index (χ4n) is 4.24. The molecule has 2 aromatic carbocycles. The molecule has 9 heteroatoms. The summed E-state index contributed by atoms with van der Waals surface area (Å²) in [5, 5.41) is 11.3. The molecule has 0 saturated carbocycles. The van der Waals surface area contributed by atoms with Crippen molar-refractivity contribution in [1.29, 1.82) is 0 Å². The minimum absolute atomic E-state index is 0.00240. The van der Waals surface area contributed by atoms with Gasteiger partial charge in [-0.2, -0.15) is 0 Å². The Hall–Kier alpha value is -3.72. The molecule has 1 atom stereocenters. The lowest BCUT2D eigenvalue weighted by Crippen LogP contribution is -3.06. The molecule has 1 amide bonds. The number of hydrogen-bond donors (Lipinski definition) is 2. The second kappa shape index (κ2) is 10.7.